The van der Waals surface area contributed by atoms with Crippen molar-refractivity contribution in [2.45, 2.75) is 25.4 Å². The average molecular weight is 319 g/mol. The molecule has 0 unspecified atom stereocenters. The van der Waals surface area contributed by atoms with E-state index in [0.29, 0.717) is 6.04 Å². The number of hydrogen-bond donors (Lipinski definition) is 1. The fraction of sp³-hybridized carbons (Fsp3) is 0.316. The minimum atomic E-state index is 0.467. The molecule has 1 aliphatic rings. The van der Waals surface area contributed by atoms with Crippen LogP contribution >= 0.6 is 0 Å². The topological polar surface area (TPSA) is 53.9 Å². The molecule has 1 N–H and O–H groups in total. The Morgan fingerprint density at radius 1 is 1.00 bits per heavy atom. The molecule has 0 amide bonds. The number of likely N-dealkylation sites (tertiary alicyclic amines) is 1. The van der Waals surface area contributed by atoms with Crippen LogP contribution in [0.4, 0.5) is 5.82 Å². The Balaban J connectivity index is 1.34. The Kier molecular flexibility index (Phi) is 4.34. The molecule has 1 saturated heterocycles. The highest BCUT2D eigenvalue weighted by molar-refractivity contribution is 5.75. The van der Waals surface area contributed by atoms with Gasteiger partial charge < -0.3 is 5.32 Å². The van der Waals surface area contributed by atoms with Gasteiger partial charge in [-0.2, -0.15) is 0 Å². The van der Waals surface area contributed by atoms with Crippen LogP contribution in [0.25, 0.3) is 11.0 Å². The van der Waals surface area contributed by atoms with Crippen LogP contribution in [0, 0.1) is 0 Å². The number of rotatable bonds is 4. The van der Waals surface area contributed by atoms with Gasteiger partial charge in [-0.1, -0.05) is 12.1 Å². The summed E-state index contributed by atoms with van der Waals surface area (Å²) in [6.07, 6.45) is 7.81. The third-order valence-corrected chi connectivity index (χ3v) is 4.54. The zero-order chi connectivity index (χ0) is 16.2. The molecule has 3 heterocycles. The Morgan fingerprint density at radius 2 is 1.75 bits per heavy atom. The van der Waals surface area contributed by atoms with Gasteiger partial charge in [0.1, 0.15) is 5.82 Å². The standard InChI is InChI=1S/C19H21N5/c1-2-4-18-17(3-1)21-13-19(23-18)22-16-7-11-24(12-8-16)14-15-5-9-20-10-6-15/h1-6,9-10,13,16H,7-8,11-12,14H2,(H,22,23). The predicted octanol–water partition coefficient (Wildman–Crippen LogP) is 3.10. The van der Waals surface area contributed by atoms with E-state index in [-0.39, 0.29) is 0 Å². The average Bonchev–Trinajstić information content (AvgIpc) is 2.64. The number of fused-ring (bicyclic) bond motifs is 1. The molecule has 3 aromatic rings. The van der Waals surface area contributed by atoms with Gasteiger partial charge in [-0.15, -0.1) is 0 Å². The van der Waals surface area contributed by atoms with Crippen LogP contribution in [0.5, 0.6) is 0 Å². The first kappa shape index (κ1) is 15.0. The van der Waals surface area contributed by atoms with Crippen LogP contribution in [-0.2, 0) is 6.54 Å². The zero-order valence-corrected chi connectivity index (χ0v) is 13.6. The van der Waals surface area contributed by atoms with Crippen molar-refractivity contribution in [1.29, 1.82) is 0 Å². The van der Waals surface area contributed by atoms with Gasteiger partial charge in [-0.05, 0) is 42.7 Å². The second kappa shape index (κ2) is 6.93. The molecule has 2 aromatic heterocycles. The number of nitrogens with zero attached hydrogens (tertiary/aromatic N) is 4. The number of aromatic nitrogens is 3. The summed E-state index contributed by atoms with van der Waals surface area (Å²) in [6, 6.07) is 12.6. The lowest BCUT2D eigenvalue weighted by Gasteiger charge is -2.32. The highest BCUT2D eigenvalue weighted by Gasteiger charge is 2.19. The van der Waals surface area contributed by atoms with Crippen molar-refractivity contribution in [2.24, 2.45) is 0 Å². The third-order valence-electron chi connectivity index (χ3n) is 4.54. The summed E-state index contributed by atoms with van der Waals surface area (Å²) in [5, 5.41) is 3.55. The molecule has 0 saturated carbocycles. The van der Waals surface area contributed by atoms with Crippen LogP contribution in [-0.4, -0.2) is 39.0 Å². The third kappa shape index (κ3) is 3.51. The van der Waals surface area contributed by atoms with E-state index >= 15 is 0 Å². The second-order valence-electron chi connectivity index (χ2n) is 6.29. The van der Waals surface area contributed by atoms with Gasteiger partial charge in [-0.25, -0.2) is 4.98 Å². The summed E-state index contributed by atoms with van der Waals surface area (Å²) in [5.41, 5.74) is 3.21. The van der Waals surface area contributed by atoms with Crippen LogP contribution < -0.4 is 5.32 Å². The molecule has 0 radical (unpaired) electrons. The molecular formula is C19H21N5. The summed E-state index contributed by atoms with van der Waals surface area (Å²) in [5.74, 6) is 0.876. The van der Waals surface area contributed by atoms with Crippen molar-refractivity contribution in [2.75, 3.05) is 18.4 Å². The van der Waals surface area contributed by atoms with Crippen LogP contribution in [0.3, 0.4) is 0 Å². The molecule has 0 bridgehead atoms. The highest BCUT2D eigenvalue weighted by atomic mass is 15.1. The molecule has 0 spiro atoms. The number of piperidine rings is 1. The molecule has 5 heteroatoms. The number of nitrogens with one attached hydrogen (secondary N) is 1. The fourth-order valence-electron chi connectivity index (χ4n) is 3.22. The molecule has 0 aliphatic carbocycles. The zero-order valence-electron chi connectivity index (χ0n) is 13.6. The summed E-state index contributed by atoms with van der Waals surface area (Å²) >= 11 is 0. The lowest BCUT2D eigenvalue weighted by molar-refractivity contribution is 0.211. The first-order valence-electron chi connectivity index (χ1n) is 8.46. The van der Waals surface area contributed by atoms with Gasteiger partial charge in [-0.3, -0.25) is 14.9 Å². The smallest absolute Gasteiger partial charge is 0.145 e. The van der Waals surface area contributed by atoms with E-state index in [1.165, 1.54) is 5.56 Å². The molecule has 0 atom stereocenters. The molecule has 1 fully saturated rings. The molecular weight excluding hydrogens is 298 g/mol. The largest absolute Gasteiger partial charge is 0.366 e. The van der Waals surface area contributed by atoms with Gasteiger partial charge in [0.2, 0.25) is 0 Å². The lowest BCUT2D eigenvalue weighted by Crippen LogP contribution is -2.38. The van der Waals surface area contributed by atoms with Crippen molar-refractivity contribution >= 4 is 16.9 Å². The van der Waals surface area contributed by atoms with E-state index in [0.717, 1.165) is 49.3 Å². The molecule has 122 valence electrons. The maximum absolute atomic E-state index is 4.66. The normalized spacial score (nSPS) is 16.3. The van der Waals surface area contributed by atoms with E-state index in [2.05, 4.69) is 37.3 Å². The van der Waals surface area contributed by atoms with Crippen LogP contribution in [0.2, 0.25) is 0 Å². The molecule has 24 heavy (non-hydrogen) atoms. The number of hydrogen-bond acceptors (Lipinski definition) is 5. The maximum atomic E-state index is 4.66. The van der Waals surface area contributed by atoms with Gasteiger partial charge in [0.15, 0.2) is 0 Å². The van der Waals surface area contributed by atoms with Gasteiger partial charge in [0.05, 0.1) is 17.2 Å². The Morgan fingerprint density at radius 3 is 2.54 bits per heavy atom. The molecule has 4 rings (SSSR count). The minimum Gasteiger partial charge on any atom is -0.366 e. The van der Waals surface area contributed by atoms with Gasteiger partial charge >= 0.3 is 0 Å². The number of para-hydroxylation sites is 2. The highest BCUT2D eigenvalue weighted by Crippen LogP contribution is 2.18. The van der Waals surface area contributed by atoms with Crippen molar-refractivity contribution in [3.8, 4) is 0 Å². The molecule has 5 nitrogen and oxygen atoms in total. The quantitative estimate of drug-likeness (QED) is 0.801. The summed E-state index contributed by atoms with van der Waals surface area (Å²) in [6.45, 7) is 3.20. The van der Waals surface area contributed by atoms with Crippen molar-refractivity contribution in [3.05, 3.63) is 60.6 Å². The minimum absolute atomic E-state index is 0.467. The number of benzene rings is 1. The van der Waals surface area contributed by atoms with E-state index in [9.17, 15) is 0 Å². The summed E-state index contributed by atoms with van der Waals surface area (Å²) < 4.78 is 0. The first-order valence-corrected chi connectivity index (χ1v) is 8.46. The summed E-state index contributed by atoms with van der Waals surface area (Å²) in [4.78, 5) is 15.7. The van der Waals surface area contributed by atoms with Crippen molar-refractivity contribution < 1.29 is 0 Å². The lowest BCUT2D eigenvalue weighted by atomic mass is 10.0. The molecule has 1 aliphatic heterocycles. The first-order chi connectivity index (χ1) is 11.9. The molecule has 1 aromatic carbocycles. The summed E-state index contributed by atoms with van der Waals surface area (Å²) in [7, 11) is 0. The van der Waals surface area contributed by atoms with E-state index in [4.69, 9.17) is 0 Å². The number of anilines is 1. The van der Waals surface area contributed by atoms with Crippen molar-refractivity contribution in [1.82, 2.24) is 19.9 Å². The Labute approximate surface area is 141 Å². The van der Waals surface area contributed by atoms with E-state index < -0.39 is 0 Å². The maximum Gasteiger partial charge on any atom is 0.145 e. The monoisotopic (exact) mass is 319 g/mol. The Hall–Kier alpha value is -2.53. The van der Waals surface area contributed by atoms with Crippen LogP contribution in [0.1, 0.15) is 18.4 Å². The van der Waals surface area contributed by atoms with Crippen molar-refractivity contribution in [3.63, 3.8) is 0 Å². The van der Waals surface area contributed by atoms with E-state index in [1.54, 1.807) is 0 Å². The number of pyridine rings is 1. The van der Waals surface area contributed by atoms with E-state index in [1.807, 2.05) is 42.9 Å². The predicted molar refractivity (Wildman–Crippen MR) is 95.7 cm³/mol. The SMILES string of the molecule is c1ccc2nc(NC3CCN(Cc4ccncc4)CC3)cnc2c1. The second-order valence-corrected chi connectivity index (χ2v) is 6.29. The van der Waals surface area contributed by atoms with Gasteiger partial charge in [0.25, 0.3) is 0 Å². The van der Waals surface area contributed by atoms with Gasteiger partial charge in [0, 0.05) is 38.1 Å². The Bertz CT molecular complexity index is 797. The fourth-order valence-corrected chi connectivity index (χ4v) is 3.22. The van der Waals surface area contributed by atoms with Crippen LogP contribution in [0.15, 0.2) is 55.0 Å².